The molecule has 0 aromatic carbocycles. The second-order valence-electron chi connectivity index (χ2n) is 4.76. The first-order valence-electron chi connectivity index (χ1n) is 5.21. The molecular formula is C10H14F3NO. The smallest absolute Gasteiger partial charge is 0.335 e. The fourth-order valence-corrected chi connectivity index (χ4v) is 2.58. The van der Waals surface area contributed by atoms with E-state index in [4.69, 9.17) is 0 Å². The predicted octanol–water partition coefficient (Wildman–Crippen LogP) is 2.20. The van der Waals surface area contributed by atoms with Crippen molar-refractivity contribution in [1.82, 2.24) is 4.90 Å². The monoisotopic (exact) mass is 221 g/mol. The number of likely N-dealkylation sites (tertiary alicyclic amines) is 1. The van der Waals surface area contributed by atoms with E-state index in [-0.39, 0.29) is 18.5 Å². The predicted molar refractivity (Wildman–Crippen MR) is 48.1 cm³/mol. The van der Waals surface area contributed by atoms with E-state index < -0.39 is 12.1 Å². The van der Waals surface area contributed by atoms with Crippen molar-refractivity contribution in [1.29, 1.82) is 0 Å². The normalized spacial score (nSPS) is 29.3. The van der Waals surface area contributed by atoms with Gasteiger partial charge < -0.3 is 4.90 Å². The van der Waals surface area contributed by atoms with E-state index in [0.717, 1.165) is 24.2 Å². The summed E-state index contributed by atoms with van der Waals surface area (Å²) in [7, 11) is 0. The van der Waals surface area contributed by atoms with Gasteiger partial charge in [-0.2, -0.15) is 13.2 Å². The minimum atomic E-state index is -4.71. The lowest BCUT2D eigenvalue weighted by molar-refractivity contribution is -0.187. The molecule has 2 fully saturated rings. The molecule has 1 saturated heterocycles. The molecule has 0 bridgehead atoms. The van der Waals surface area contributed by atoms with Gasteiger partial charge in [0.05, 0.1) is 0 Å². The van der Waals surface area contributed by atoms with Gasteiger partial charge in [-0.25, -0.2) is 0 Å². The van der Waals surface area contributed by atoms with Crippen molar-refractivity contribution in [2.45, 2.75) is 32.4 Å². The minimum Gasteiger partial charge on any atom is -0.335 e. The van der Waals surface area contributed by atoms with Crippen molar-refractivity contribution >= 4 is 5.91 Å². The topological polar surface area (TPSA) is 20.3 Å². The number of hydrogen-bond donors (Lipinski definition) is 0. The number of carbonyl (C=O) groups excluding carboxylic acids is 1. The van der Waals surface area contributed by atoms with Crippen LogP contribution in [0, 0.1) is 11.3 Å². The van der Waals surface area contributed by atoms with Gasteiger partial charge in [0.25, 0.3) is 0 Å². The average Bonchev–Trinajstić information content (AvgIpc) is 2.75. The molecule has 0 aromatic heterocycles. The molecule has 1 aliphatic heterocycles. The second-order valence-corrected chi connectivity index (χ2v) is 4.76. The van der Waals surface area contributed by atoms with Gasteiger partial charge in [-0.05, 0) is 30.6 Å². The fourth-order valence-electron chi connectivity index (χ4n) is 2.58. The molecule has 1 saturated carbocycles. The summed E-state index contributed by atoms with van der Waals surface area (Å²) in [6.07, 6.45) is -2.13. The van der Waals surface area contributed by atoms with Gasteiger partial charge in [-0.3, -0.25) is 4.79 Å². The van der Waals surface area contributed by atoms with Crippen LogP contribution in [0.15, 0.2) is 0 Å². The maximum Gasteiger partial charge on any atom is 0.471 e. The van der Waals surface area contributed by atoms with Gasteiger partial charge >= 0.3 is 12.1 Å². The number of amides is 1. The Balaban J connectivity index is 1.91. The summed E-state index contributed by atoms with van der Waals surface area (Å²) >= 11 is 0. The highest BCUT2D eigenvalue weighted by atomic mass is 19.4. The summed E-state index contributed by atoms with van der Waals surface area (Å²) in [4.78, 5) is 11.9. The van der Waals surface area contributed by atoms with Crippen LogP contribution in [-0.2, 0) is 4.79 Å². The van der Waals surface area contributed by atoms with Gasteiger partial charge in [-0.15, -0.1) is 0 Å². The van der Waals surface area contributed by atoms with Crippen LogP contribution in [0.3, 0.4) is 0 Å². The molecule has 1 amide bonds. The Morgan fingerprint density at radius 3 is 2.13 bits per heavy atom. The van der Waals surface area contributed by atoms with Crippen LogP contribution in [-0.4, -0.2) is 30.1 Å². The van der Waals surface area contributed by atoms with Crippen LogP contribution in [0.4, 0.5) is 13.2 Å². The Kier molecular flexibility index (Phi) is 2.24. The minimum absolute atomic E-state index is 0.266. The fraction of sp³-hybridized carbons (Fsp3) is 0.900. The lowest BCUT2D eigenvalue weighted by Gasteiger charge is -2.33. The first-order chi connectivity index (χ1) is 6.85. The molecule has 2 aliphatic rings. The highest BCUT2D eigenvalue weighted by molar-refractivity contribution is 5.81. The van der Waals surface area contributed by atoms with Crippen LogP contribution in [0.25, 0.3) is 0 Å². The van der Waals surface area contributed by atoms with Crippen LogP contribution in [0.5, 0.6) is 0 Å². The zero-order valence-corrected chi connectivity index (χ0v) is 8.60. The molecule has 1 aliphatic carbocycles. The van der Waals surface area contributed by atoms with E-state index in [0.29, 0.717) is 5.92 Å². The first kappa shape index (κ1) is 10.8. The van der Waals surface area contributed by atoms with E-state index in [1.54, 1.807) is 0 Å². The maximum atomic E-state index is 12.1. The van der Waals surface area contributed by atoms with E-state index >= 15 is 0 Å². The van der Waals surface area contributed by atoms with Crippen LogP contribution in [0.2, 0.25) is 0 Å². The number of rotatable bonds is 0. The molecule has 2 nitrogen and oxygen atoms in total. The summed E-state index contributed by atoms with van der Waals surface area (Å²) < 4.78 is 36.4. The lowest BCUT2D eigenvalue weighted by Crippen LogP contribution is -2.45. The van der Waals surface area contributed by atoms with Gasteiger partial charge in [0.1, 0.15) is 0 Å². The maximum absolute atomic E-state index is 12.1. The molecule has 86 valence electrons. The Hall–Kier alpha value is -0.740. The van der Waals surface area contributed by atoms with Crippen LogP contribution < -0.4 is 0 Å². The van der Waals surface area contributed by atoms with E-state index in [1.807, 2.05) is 0 Å². The number of carbonyl (C=O) groups is 1. The van der Waals surface area contributed by atoms with Crippen LogP contribution in [0.1, 0.15) is 26.2 Å². The summed E-state index contributed by atoms with van der Waals surface area (Å²) in [5.74, 6) is -1.05. The quantitative estimate of drug-likeness (QED) is 0.614. The van der Waals surface area contributed by atoms with Crippen molar-refractivity contribution < 1.29 is 18.0 Å². The van der Waals surface area contributed by atoms with Crippen molar-refractivity contribution in [2.75, 3.05) is 13.1 Å². The van der Waals surface area contributed by atoms with Crippen molar-refractivity contribution in [2.24, 2.45) is 11.3 Å². The Labute approximate surface area is 86.4 Å². The molecule has 0 radical (unpaired) electrons. The molecule has 1 heterocycles. The van der Waals surface area contributed by atoms with Gasteiger partial charge in [0, 0.05) is 13.1 Å². The van der Waals surface area contributed by atoms with E-state index in [9.17, 15) is 18.0 Å². The molecule has 5 heteroatoms. The third-order valence-corrected chi connectivity index (χ3v) is 3.89. The zero-order valence-electron chi connectivity index (χ0n) is 8.60. The summed E-state index contributed by atoms with van der Waals surface area (Å²) in [5.41, 5.74) is 0.266. The molecule has 1 atom stereocenters. The highest BCUT2D eigenvalue weighted by Crippen LogP contribution is 2.59. The molecule has 0 N–H and O–H groups in total. The van der Waals surface area contributed by atoms with Crippen molar-refractivity contribution in [3.63, 3.8) is 0 Å². The largest absolute Gasteiger partial charge is 0.471 e. The van der Waals surface area contributed by atoms with Gasteiger partial charge in [0.2, 0.25) is 0 Å². The number of halogens is 3. The SMILES string of the molecule is CC1CC12CCN(C(=O)C(F)(F)F)CC2. The molecule has 15 heavy (non-hydrogen) atoms. The molecule has 2 rings (SSSR count). The third kappa shape index (κ3) is 1.84. The Morgan fingerprint density at radius 2 is 1.80 bits per heavy atom. The molecule has 1 spiro atoms. The highest BCUT2D eigenvalue weighted by Gasteiger charge is 2.54. The molecule has 0 aromatic rings. The van der Waals surface area contributed by atoms with E-state index in [2.05, 4.69) is 6.92 Å². The van der Waals surface area contributed by atoms with Crippen molar-refractivity contribution in [3.8, 4) is 0 Å². The summed E-state index contributed by atoms with van der Waals surface area (Å²) in [5, 5.41) is 0. The number of piperidine rings is 1. The first-order valence-corrected chi connectivity index (χ1v) is 5.21. The molecule has 1 unspecified atom stereocenters. The van der Waals surface area contributed by atoms with E-state index in [1.165, 1.54) is 0 Å². The Morgan fingerprint density at radius 1 is 1.33 bits per heavy atom. The summed E-state index contributed by atoms with van der Waals surface area (Å²) in [6, 6.07) is 0. The standard InChI is InChI=1S/C10H14F3NO/c1-7-6-9(7)2-4-14(5-3-9)8(15)10(11,12)13/h7H,2-6H2,1H3. The zero-order chi connectivity index (χ0) is 11.3. The van der Waals surface area contributed by atoms with Gasteiger partial charge in [0.15, 0.2) is 0 Å². The third-order valence-electron chi connectivity index (χ3n) is 3.89. The average molecular weight is 221 g/mol. The second kappa shape index (κ2) is 3.12. The number of nitrogens with zero attached hydrogens (tertiary/aromatic N) is 1. The van der Waals surface area contributed by atoms with Crippen LogP contribution >= 0.6 is 0 Å². The number of hydrogen-bond acceptors (Lipinski definition) is 1. The summed E-state index contributed by atoms with van der Waals surface area (Å²) in [6.45, 7) is 2.66. The Bertz CT molecular complexity index is 279. The van der Waals surface area contributed by atoms with Gasteiger partial charge in [-0.1, -0.05) is 6.92 Å². The molecular weight excluding hydrogens is 207 g/mol. The van der Waals surface area contributed by atoms with Crippen molar-refractivity contribution in [3.05, 3.63) is 0 Å². The lowest BCUT2D eigenvalue weighted by atomic mass is 9.91. The number of alkyl halides is 3.